The van der Waals surface area contributed by atoms with Crippen molar-refractivity contribution < 1.29 is 9.47 Å². The maximum absolute atomic E-state index is 6.05. The van der Waals surface area contributed by atoms with Gasteiger partial charge in [0.2, 0.25) is 0 Å². The Kier molecular flexibility index (Phi) is 8.02. The molecule has 0 bridgehead atoms. The molecule has 5 heteroatoms. The van der Waals surface area contributed by atoms with Crippen molar-refractivity contribution in [2.75, 3.05) is 47.1 Å². The van der Waals surface area contributed by atoms with Crippen molar-refractivity contribution in [3.05, 3.63) is 34.9 Å². The van der Waals surface area contributed by atoms with E-state index in [-0.39, 0.29) is 6.04 Å². The molecule has 4 nitrogen and oxygen atoms in total. The van der Waals surface area contributed by atoms with Gasteiger partial charge in [-0.25, -0.2) is 0 Å². The average molecular weight is 287 g/mol. The number of nitrogens with two attached hydrogens (primary N) is 1. The number of methoxy groups -OCH3 is 2. The molecule has 1 aromatic rings. The van der Waals surface area contributed by atoms with Crippen LogP contribution in [0.1, 0.15) is 11.6 Å². The fourth-order valence-corrected chi connectivity index (χ4v) is 2.25. The van der Waals surface area contributed by atoms with Crippen LogP contribution in [0.5, 0.6) is 0 Å². The molecular weight excluding hydrogens is 264 g/mol. The Morgan fingerprint density at radius 1 is 1.21 bits per heavy atom. The highest BCUT2D eigenvalue weighted by Gasteiger charge is 2.18. The van der Waals surface area contributed by atoms with E-state index >= 15 is 0 Å². The number of hydrogen-bond donors (Lipinski definition) is 1. The molecule has 0 spiro atoms. The maximum atomic E-state index is 6.05. The van der Waals surface area contributed by atoms with Gasteiger partial charge in [-0.1, -0.05) is 23.7 Å². The minimum atomic E-state index is 0.129. The van der Waals surface area contributed by atoms with Crippen molar-refractivity contribution in [2.45, 2.75) is 6.04 Å². The third-order valence-electron chi connectivity index (χ3n) is 3.06. The Morgan fingerprint density at radius 3 is 2.32 bits per heavy atom. The molecule has 19 heavy (non-hydrogen) atoms. The Morgan fingerprint density at radius 2 is 1.84 bits per heavy atom. The molecule has 108 valence electrons. The van der Waals surface area contributed by atoms with Crippen LogP contribution >= 0.6 is 11.6 Å². The molecule has 1 atom stereocenters. The summed E-state index contributed by atoms with van der Waals surface area (Å²) in [5.74, 6) is 0. The van der Waals surface area contributed by atoms with Crippen LogP contribution in [-0.2, 0) is 9.47 Å². The molecule has 0 heterocycles. The average Bonchev–Trinajstić information content (AvgIpc) is 2.42. The van der Waals surface area contributed by atoms with Crippen molar-refractivity contribution >= 4 is 11.6 Å². The van der Waals surface area contributed by atoms with Crippen LogP contribution in [0.25, 0.3) is 0 Å². The maximum Gasteiger partial charge on any atom is 0.0589 e. The molecule has 0 saturated carbocycles. The van der Waals surface area contributed by atoms with Crippen LogP contribution in [0.3, 0.4) is 0 Å². The standard InChI is InChI=1S/C14H23ClN2O2/c1-18-8-6-17(7-9-19-2)14(11-16)12-4-3-5-13(15)10-12/h3-5,10,14H,6-9,11,16H2,1-2H3. The molecule has 0 aliphatic rings. The van der Waals surface area contributed by atoms with E-state index in [1.165, 1.54) is 0 Å². The predicted molar refractivity (Wildman–Crippen MR) is 78.6 cm³/mol. The van der Waals surface area contributed by atoms with Crippen LogP contribution in [0.15, 0.2) is 24.3 Å². The second-order valence-electron chi connectivity index (χ2n) is 4.33. The van der Waals surface area contributed by atoms with Crippen molar-refractivity contribution in [3.8, 4) is 0 Å². The summed E-state index contributed by atoms with van der Waals surface area (Å²) < 4.78 is 10.3. The fourth-order valence-electron chi connectivity index (χ4n) is 2.05. The van der Waals surface area contributed by atoms with Crippen molar-refractivity contribution in [1.82, 2.24) is 4.90 Å². The molecule has 1 rings (SSSR count). The Labute approximate surface area is 120 Å². The zero-order valence-electron chi connectivity index (χ0n) is 11.6. The normalized spacial score (nSPS) is 12.9. The molecule has 2 N–H and O–H groups in total. The Hall–Kier alpha value is -0.650. The van der Waals surface area contributed by atoms with Crippen molar-refractivity contribution in [3.63, 3.8) is 0 Å². The van der Waals surface area contributed by atoms with Crippen LogP contribution in [0, 0.1) is 0 Å². The van der Waals surface area contributed by atoms with Gasteiger partial charge in [0, 0.05) is 44.9 Å². The van der Waals surface area contributed by atoms with Gasteiger partial charge >= 0.3 is 0 Å². The highest BCUT2D eigenvalue weighted by molar-refractivity contribution is 6.30. The lowest BCUT2D eigenvalue weighted by Crippen LogP contribution is -2.38. The number of ether oxygens (including phenoxy) is 2. The second-order valence-corrected chi connectivity index (χ2v) is 4.76. The van der Waals surface area contributed by atoms with Gasteiger partial charge in [-0.2, -0.15) is 0 Å². The first-order valence-corrected chi connectivity index (χ1v) is 6.78. The zero-order chi connectivity index (χ0) is 14.1. The van der Waals surface area contributed by atoms with E-state index in [1.807, 2.05) is 18.2 Å². The summed E-state index contributed by atoms with van der Waals surface area (Å²) in [6.45, 7) is 3.50. The van der Waals surface area contributed by atoms with E-state index in [4.69, 9.17) is 26.8 Å². The summed E-state index contributed by atoms with van der Waals surface area (Å²) in [6.07, 6.45) is 0. The topological polar surface area (TPSA) is 47.7 Å². The minimum Gasteiger partial charge on any atom is -0.383 e. The summed E-state index contributed by atoms with van der Waals surface area (Å²) in [7, 11) is 3.40. The molecule has 0 radical (unpaired) electrons. The summed E-state index contributed by atoms with van der Waals surface area (Å²) in [5, 5.41) is 0.731. The number of hydrogen-bond acceptors (Lipinski definition) is 4. The molecular formula is C14H23ClN2O2. The second kappa shape index (κ2) is 9.28. The van der Waals surface area contributed by atoms with E-state index in [1.54, 1.807) is 14.2 Å². The van der Waals surface area contributed by atoms with E-state index in [2.05, 4.69) is 11.0 Å². The van der Waals surface area contributed by atoms with Gasteiger partial charge in [0.1, 0.15) is 0 Å². The largest absolute Gasteiger partial charge is 0.383 e. The van der Waals surface area contributed by atoms with Gasteiger partial charge in [0.05, 0.1) is 13.2 Å². The van der Waals surface area contributed by atoms with E-state index in [9.17, 15) is 0 Å². The minimum absolute atomic E-state index is 0.129. The number of nitrogens with zero attached hydrogens (tertiary/aromatic N) is 1. The molecule has 0 amide bonds. The summed E-state index contributed by atoms with van der Waals surface area (Å²) in [5.41, 5.74) is 7.06. The van der Waals surface area contributed by atoms with E-state index in [0.29, 0.717) is 19.8 Å². The van der Waals surface area contributed by atoms with E-state index in [0.717, 1.165) is 23.7 Å². The Bertz CT molecular complexity index is 355. The van der Waals surface area contributed by atoms with Crippen LogP contribution < -0.4 is 5.73 Å². The predicted octanol–water partition coefficient (Wildman–Crippen LogP) is 1.93. The van der Waals surface area contributed by atoms with Gasteiger partial charge in [0.25, 0.3) is 0 Å². The molecule has 1 unspecified atom stereocenters. The molecule has 0 aliphatic heterocycles. The van der Waals surface area contributed by atoms with Gasteiger partial charge < -0.3 is 15.2 Å². The van der Waals surface area contributed by atoms with E-state index < -0.39 is 0 Å². The van der Waals surface area contributed by atoms with Crippen LogP contribution in [-0.4, -0.2) is 52.0 Å². The third-order valence-corrected chi connectivity index (χ3v) is 3.30. The van der Waals surface area contributed by atoms with Gasteiger partial charge in [-0.15, -0.1) is 0 Å². The molecule has 0 aromatic heterocycles. The number of benzene rings is 1. The summed E-state index contributed by atoms with van der Waals surface area (Å²) in [4.78, 5) is 2.26. The van der Waals surface area contributed by atoms with Gasteiger partial charge in [-0.3, -0.25) is 4.90 Å². The third kappa shape index (κ3) is 5.47. The van der Waals surface area contributed by atoms with Crippen molar-refractivity contribution in [1.29, 1.82) is 0 Å². The SMILES string of the molecule is COCCN(CCOC)C(CN)c1cccc(Cl)c1. The highest BCUT2D eigenvalue weighted by atomic mass is 35.5. The lowest BCUT2D eigenvalue weighted by atomic mass is 10.1. The summed E-state index contributed by atoms with van der Waals surface area (Å²) in [6, 6.07) is 7.96. The molecule has 0 fully saturated rings. The molecule has 1 aromatic carbocycles. The lowest BCUT2D eigenvalue weighted by Gasteiger charge is -2.31. The zero-order valence-corrected chi connectivity index (χ0v) is 12.4. The summed E-state index contributed by atoms with van der Waals surface area (Å²) >= 11 is 6.05. The van der Waals surface area contributed by atoms with Gasteiger partial charge in [-0.05, 0) is 17.7 Å². The highest BCUT2D eigenvalue weighted by Crippen LogP contribution is 2.22. The Balaban J connectivity index is 2.81. The fraction of sp³-hybridized carbons (Fsp3) is 0.571. The lowest BCUT2D eigenvalue weighted by molar-refractivity contribution is 0.0891. The number of rotatable bonds is 9. The first kappa shape index (κ1) is 16.4. The number of halogens is 1. The first-order chi connectivity index (χ1) is 9.22. The smallest absolute Gasteiger partial charge is 0.0589 e. The monoisotopic (exact) mass is 286 g/mol. The van der Waals surface area contributed by atoms with Gasteiger partial charge in [0.15, 0.2) is 0 Å². The quantitative estimate of drug-likeness (QED) is 0.754. The van der Waals surface area contributed by atoms with Crippen LogP contribution in [0.2, 0.25) is 5.02 Å². The first-order valence-electron chi connectivity index (χ1n) is 6.40. The molecule has 0 aliphatic carbocycles. The van der Waals surface area contributed by atoms with Crippen LogP contribution in [0.4, 0.5) is 0 Å². The van der Waals surface area contributed by atoms with Crippen molar-refractivity contribution in [2.24, 2.45) is 5.73 Å². The molecule has 0 saturated heterocycles.